The first-order chi connectivity index (χ1) is 8.11. The Bertz CT molecular complexity index is 550. The number of rotatable bonds is 2. The fourth-order valence-electron chi connectivity index (χ4n) is 1.69. The Balaban J connectivity index is 2.56. The molecule has 0 fully saturated rings. The minimum atomic E-state index is 0.851. The highest BCUT2D eigenvalue weighted by atomic mass is 79.9. The van der Waals surface area contributed by atoms with Crippen LogP contribution in [0.1, 0.15) is 5.56 Å². The van der Waals surface area contributed by atoms with Gasteiger partial charge in [-0.15, -0.1) is 0 Å². The van der Waals surface area contributed by atoms with Gasteiger partial charge in [-0.2, -0.15) is 0 Å². The molecule has 2 rings (SSSR count). The van der Waals surface area contributed by atoms with Crippen molar-refractivity contribution >= 4 is 31.9 Å². The van der Waals surface area contributed by atoms with Crippen LogP contribution in [0.25, 0.3) is 11.1 Å². The van der Waals surface area contributed by atoms with Gasteiger partial charge in [0.05, 0.1) is 7.11 Å². The van der Waals surface area contributed by atoms with E-state index in [0.29, 0.717) is 0 Å². The molecule has 0 aliphatic heterocycles. The number of halogens is 2. The van der Waals surface area contributed by atoms with Gasteiger partial charge < -0.3 is 4.74 Å². The number of benzene rings is 2. The summed E-state index contributed by atoms with van der Waals surface area (Å²) in [6.45, 7) is 2.09. The summed E-state index contributed by atoms with van der Waals surface area (Å²) in [5.41, 5.74) is 3.58. The van der Waals surface area contributed by atoms with Crippen molar-refractivity contribution in [2.24, 2.45) is 0 Å². The lowest BCUT2D eigenvalue weighted by atomic mass is 10.0. The van der Waals surface area contributed by atoms with Crippen LogP contribution < -0.4 is 4.74 Å². The summed E-state index contributed by atoms with van der Waals surface area (Å²) in [5, 5.41) is 0. The predicted molar refractivity (Wildman–Crippen MR) is 78.6 cm³/mol. The smallest absolute Gasteiger partial charge is 0.120 e. The van der Waals surface area contributed by atoms with Gasteiger partial charge in [0, 0.05) is 8.95 Å². The van der Waals surface area contributed by atoms with Crippen LogP contribution in [0.2, 0.25) is 0 Å². The molecule has 3 heteroatoms. The maximum atomic E-state index is 5.20. The number of hydrogen-bond donors (Lipinski definition) is 0. The quantitative estimate of drug-likeness (QED) is 0.719. The summed E-state index contributed by atoms with van der Waals surface area (Å²) in [7, 11) is 1.67. The average Bonchev–Trinajstić information content (AvgIpc) is 2.32. The van der Waals surface area contributed by atoms with Crippen molar-refractivity contribution in [2.45, 2.75) is 6.92 Å². The van der Waals surface area contributed by atoms with Gasteiger partial charge in [-0.25, -0.2) is 0 Å². The van der Waals surface area contributed by atoms with Gasteiger partial charge >= 0.3 is 0 Å². The number of ether oxygens (including phenoxy) is 1. The molecule has 0 aromatic heterocycles. The van der Waals surface area contributed by atoms with Crippen molar-refractivity contribution in [3.05, 3.63) is 50.9 Å². The van der Waals surface area contributed by atoms with E-state index in [0.717, 1.165) is 20.3 Å². The average molecular weight is 356 g/mol. The maximum absolute atomic E-state index is 5.20. The van der Waals surface area contributed by atoms with Crippen LogP contribution in [-0.4, -0.2) is 7.11 Å². The summed E-state index contributed by atoms with van der Waals surface area (Å²) in [6.07, 6.45) is 0. The molecule has 0 bridgehead atoms. The van der Waals surface area contributed by atoms with Gasteiger partial charge in [-0.3, -0.25) is 0 Å². The summed E-state index contributed by atoms with van der Waals surface area (Å²) < 4.78 is 7.32. The summed E-state index contributed by atoms with van der Waals surface area (Å²) >= 11 is 7.17. The van der Waals surface area contributed by atoms with Gasteiger partial charge in [0.15, 0.2) is 0 Å². The molecule has 0 heterocycles. The minimum Gasteiger partial charge on any atom is -0.497 e. The Morgan fingerprint density at radius 1 is 0.882 bits per heavy atom. The van der Waals surface area contributed by atoms with Crippen molar-refractivity contribution in [1.82, 2.24) is 0 Å². The lowest BCUT2D eigenvalue weighted by Crippen LogP contribution is -1.86. The van der Waals surface area contributed by atoms with Crippen LogP contribution in [0.5, 0.6) is 5.75 Å². The third-order valence-corrected chi connectivity index (χ3v) is 3.94. The Kier molecular flexibility index (Phi) is 3.89. The van der Waals surface area contributed by atoms with Crippen LogP contribution >= 0.6 is 31.9 Å². The number of hydrogen-bond acceptors (Lipinski definition) is 1. The third-order valence-electron chi connectivity index (χ3n) is 2.59. The fourth-order valence-corrected chi connectivity index (χ4v) is 2.72. The molecule has 0 saturated carbocycles. The van der Waals surface area contributed by atoms with Crippen LogP contribution in [0.3, 0.4) is 0 Å². The van der Waals surface area contributed by atoms with Crippen molar-refractivity contribution in [3.63, 3.8) is 0 Å². The fraction of sp³-hybridized carbons (Fsp3) is 0.143. The molecule has 2 aromatic carbocycles. The highest BCUT2D eigenvalue weighted by Gasteiger charge is 2.08. The highest BCUT2D eigenvalue weighted by molar-refractivity contribution is 9.11. The SMILES string of the molecule is COc1ccc(-c2cc(C)ccc2Br)c(Br)c1. The van der Waals surface area contributed by atoms with E-state index in [4.69, 9.17) is 4.74 Å². The Labute approximate surface area is 118 Å². The van der Waals surface area contributed by atoms with Crippen LogP contribution in [0.15, 0.2) is 45.3 Å². The predicted octanol–water partition coefficient (Wildman–Crippen LogP) is 5.20. The molecular weight excluding hydrogens is 344 g/mol. The van der Waals surface area contributed by atoms with Crippen LogP contribution in [0, 0.1) is 6.92 Å². The molecule has 88 valence electrons. The largest absolute Gasteiger partial charge is 0.497 e. The van der Waals surface area contributed by atoms with Gasteiger partial charge in [-0.05, 0) is 42.3 Å². The normalized spacial score (nSPS) is 10.4. The van der Waals surface area contributed by atoms with Crippen molar-refractivity contribution in [1.29, 1.82) is 0 Å². The molecule has 0 aliphatic rings. The van der Waals surface area contributed by atoms with Gasteiger partial charge in [0.25, 0.3) is 0 Å². The van der Waals surface area contributed by atoms with Crippen LogP contribution in [-0.2, 0) is 0 Å². The topological polar surface area (TPSA) is 9.23 Å². The third kappa shape index (κ3) is 2.72. The zero-order valence-electron chi connectivity index (χ0n) is 9.63. The van der Waals surface area contributed by atoms with E-state index < -0.39 is 0 Å². The first-order valence-electron chi connectivity index (χ1n) is 5.22. The lowest BCUT2D eigenvalue weighted by molar-refractivity contribution is 0.414. The van der Waals surface area contributed by atoms with Gasteiger partial charge in [-0.1, -0.05) is 49.6 Å². The first-order valence-corrected chi connectivity index (χ1v) is 6.80. The molecule has 0 unspecified atom stereocenters. The number of methoxy groups -OCH3 is 1. The second-order valence-electron chi connectivity index (χ2n) is 3.83. The van der Waals surface area contributed by atoms with Gasteiger partial charge in [0.2, 0.25) is 0 Å². The van der Waals surface area contributed by atoms with E-state index >= 15 is 0 Å². The maximum Gasteiger partial charge on any atom is 0.120 e. The van der Waals surface area contributed by atoms with E-state index in [9.17, 15) is 0 Å². The zero-order chi connectivity index (χ0) is 12.4. The highest BCUT2D eigenvalue weighted by Crippen LogP contribution is 2.36. The van der Waals surface area contributed by atoms with E-state index in [2.05, 4.69) is 63.0 Å². The summed E-state index contributed by atoms with van der Waals surface area (Å²) in [4.78, 5) is 0. The molecule has 2 aromatic rings. The Hall–Kier alpha value is -0.800. The van der Waals surface area contributed by atoms with Crippen LogP contribution in [0.4, 0.5) is 0 Å². The first kappa shape index (κ1) is 12.7. The molecule has 0 spiro atoms. The second kappa shape index (κ2) is 5.23. The molecular formula is C14H12Br2O. The molecule has 17 heavy (non-hydrogen) atoms. The lowest BCUT2D eigenvalue weighted by Gasteiger charge is -2.10. The van der Waals surface area contributed by atoms with Gasteiger partial charge in [0.1, 0.15) is 5.75 Å². The zero-order valence-corrected chi connectivity index (χ0v) is 12.8. The summed E-state index contributed by atoms with van der Waals surface area (Å²) in [6, 6.07) is 12.3. The minimum absolute atomic E-state index is 0.851. The second-order valence-corrected chi connectivity index (χ2v) is 5.54. The molecule has 0 amide bonds. The molecule has 0 radical (unpaired) electrons. The molecule has 1 nitrogen and oxygen atoms in total. The monoisotopic (exact) mass is 354 g/mol. The van der Waals surface area contributed by atoms with Crippen molar-refractivity contribution in [2.75, 3.05) is 7.11 Å². The van der Waals surface area contributed by atoms with E-state index in [-0.39, 0.29) is 0 Å². The number of aryl methyl sites for hydroxylation is 1. The molecule has 0 atom stereocenters. The van der Waals surface area contributed by atoms with E-state index in [1.807, 2.05) is 12.1 Å². The van der Waals surface area contributed by atoms with E-state index in [1.165, 1.54) is 11.1 Å². The molecule has 0 saturated heterocycles. The Morgan fingerprint density at radius 2 is 1.65 bits per heavy atom. The Morgan fingerprint density at radius 3 is 2.29 bits per heavy atom. The van der Waals surface area contributed by atoms with Crippen molar-refractivity contribution in [3.8, 4) is 16.9 Å². The van der Waals surface area contributed by atoms with Crippen molar-refractivity contribution < 1.29 is 4.74 Å². The standard InChI is InChI=1S/C14H12Br2O/c1-9-3-6-13(15)12(7-9)11-5-4-10(17-2)8-14(11)16/h3-8H,1-2H3. The van der Waals surface area contributed by atoms with E-state index in [1.54, 1.807) is 7.11 Å². The summed E-state index contributed by atoms with van der Waals surface area (Å²) in [5.74, 6) is 0.851. The molecule has 0 N–H and O–H groups in total. The molecule has 0 aliphatic carbocycles.